The normalized spacial score (nSPS) is 31.1. The molecular weight excluding hydrogens is 388 g/mol. The molecule has 2 rings (SSSR count). The number of carbonyl (C=O) groups is 1. The van der Waals surface area contributed by atoms with Crippen LogP contribution in [0.1, 0.15) is 162 Å². The van der Waals surface area contributed by atoms with E-state index in [-0.39, 0.29) is 0 Å². The zero-order valence-corrected chi connectivity index (χ0v) is 25.7. The fourth-order valence-electron chi connectivity index (χ4n) is 5.45. The lowest BCUT2D eigenvalue weighted by atomic mass is 9.69. The van der Waals surface area contributed by atoms with Gasteiger partial charge in [0.1, 0.15) is 5.78 Å². The van der Waals surface area contributed by atoms with Gasteiger partial charge in [0.25, 0.3) is 0 Å². The summed E-state index contributed by atoms with van der Waals surface area (Å²) in [6.07, 6.45) is 10.7. The molecule has 2 fully saturated rings. The Hall–Kier alpha value is -0.330. The summed E-state index contributed by atoms with van der Waals surface area (Å²) in [6.45, 7) is 32.1. The molecule has 0 aromatic carbocycles. The molecule has 0 spiro atoms. The van der Waals surface area contributed by atoms with E-state index in [0.717, 1.165) is 37.0 Å². The van der Waals surface area contributed by atoms with Crippen LogP contribution in [0.15, 0.2) is 0 Å². The Kier molecular flexibility index (Phi) is 30.8. The van der Waals surface area contributed by atoms with Crippen LogP contribution in [0.5, 0.6) is 0 Å². The van der Waals surface area contributed by atoms with E-state index >= 15 is 0 Å². The van der Waals surface area contributed by atoms with Crippen molar-refractivity contribution < 1.29 is 4.79 Å². The van der Waals surface area contributed by atoms with Gasteiger partial charge in [-0.2, -0.15) is 0 Å². The molecule has 2 aliphatic carbocycles. The molecule has 0 aromatic heterocycles. The number of unbranched alkanes of at least 4 members (excludes halogenated alkanes) is 1. The second-order valence-corrected chi connectivity index (χ2v) is 9.09. The van der Waals surface area contributed by atoms with Crippen molar-refractivity contribution in [2.75, 3.05) is 0 Å². The van der Waals surface area contributed by atoms with E-state index in [4.69, 9.17) is 0 Å². The van der Waals surface area contributed by atoms with Crippen molar-refractivity contribution in [3.63, 3.8) is 0 Å². The van der Waals surface area contributed by atoms with E-state index < -0.39 is 0 Å². The predicted molar refractivity (Wildman–Crippen MR) is 152 cm³/mol. The lowest BCUT2D eigenvalue weighted by molar-refractivity contribution is -0.120. The van der Waals surface area contributed by atoms with Crippen LogP contribution in [-0.2, 0) is 4.79 Å². The van der Waals surface area contributed by atoms with E-state index in [0.29, 0.717) is 23.0 Å². The summed E-state index contributed by atoms with van der Waals surface area (Å²) in [7, 11) is 0. The van der Waals surface area contributed by atoms with Gasteiger partial charge in [-0.15, -0.1) is 0 Å². The zero-order valence-electron chi connectivity index (χ0n) is 25.7. The summed E-state index contributed by atoms with van der Waals surface area (Å²) in [5.74, 6) is 4.33. The van der Waals surface area contributed by atoms with E-state index in [9.17, 15) is 4.79 Å². The van der Waals surface area contributed by atoms with Crippen molar-refractivity contribution in [1.82, 2.24) is 0 Å². The molecule has 6 unspecified atom stereocenters. The molecule has 0 heterocycles. The number of Topliss-reactive ketones (excluding diaryl/α,β-unsaturated/α-hetero) is 1. The van der Waals surface area contributed by atoms with Crippen LogP contribution >= 0.6 is 0 Å². The molecule has 6 atom stereocenters. The minimum absolute atomic E-state index is 0.506. The standard InChI is InChI=1S/C21H38O.5C2H6/c1-6-7-8-18-11-19-14-21(5,13-16(19)3)17(4)15(2)9-10-20(22)12-18;5*1-2/h15-19H,6-14H2,1-5H3;5*1-2H3. The van der Waals surface area contributed by atoms with E-state index in [1.165, 1.54) is 38.5 Å². The summed E-state index contributed by atoms with van der Waals surface area (Å²) >= 11 is 0. The molecule has 0 aliphatic heterocycles. The van der Waals surface area contributed by atoms with Crippen molar-refractivity contribution in [3.8, 4) is 0 Å². The van der Waals surface area contributed by atoms with Gasteiger partial charge >= 0.3 is 0 Å². The number of fused-ring (bicyclic) bond motifs is 2. The molecule has 2 aliphatic rings. The van der Waals surface area contributed by atoms with Crippen LogP contribution in [0.3, 0.4) is 0 Å². The topological polar surface area (TPSA) is 17.1 Å². The second kappa shape index (κ2) is 25.3. The number of hydrogen-bond donors (Lipinski definition) is 0. The van der Waals surface area contributed by atoms with Gasteiger partial charge in [0, 0.05) is 12.8 Å². The number of hydrogen-bond acceptors (Lipinski definition) is 1. The minimum atomic E-state index is 0.506. The third-order valence-electron chi connectivity index (χ3n) is 7.27. The SMILES string of the molecule is CC.CC.CC.CC.CC.CCCCC1CC(=O)CCC(C)C(C)C2(C)CC(C)C(C1)C2. The summed E-state index contributed by atoms with van der Waals surface area (Å²) in [6, 6.07) is 0. The van der Waals surface area contributed by atoms with Gasteiger partial charge in [0.2, 0.25) is 0 Å². The largest absolute Gasteiger partial charge is 0.300 e. The fraction of sp³-hybridized carbons (Fsp3) is 0.968. The van der Waals surface area contributed by atoms with Gasteiger partial charge in [0.05, 0.1) is 0 Å². The third kappa shape index (κ3) is 14.7. The first-order chi connectivity index (χ1) is 15.4. The highest BCUT2D eigenvalue weighted by molar-refractivity contribution is 5.78. The maximum atomic E-state index is 12.4. The molecule has 0 N–H and O–H groups in total. The molecule has 1 nitrogen and oxygen atoms in total. The molecule has 2 saturated carbocycles. The first-order valence-electron chi connectivity index (χ1n) is 14.9. The molecular formula is C31H68O. The Morgan fingerprint density at radius 2 is 1.31 bits per heavy atom. The summed E-state index contributed by atoms with van der Waals surface area (Å²) in [5, 5.41) is 0. The summed E-state index contributed by atoms with van der Waals surface area (Å²) in [4.78, 5) is 12.4. The Morgan fingerprint density at radius 1 is 0.812 bits per heavy atom. The van der Waals surface area contributed by atoms with E-state index in [1.807, 2.05) is 69.2 Å². The van der Waals surface area contributed by atoms with Crippen LogP contribution in [-0.4, -0.2) is 5.78 Å². The van der Waals surface area contributed by atoms with Crippen molar-refractivity contribution >= 4 is 5.78 Å². The maximum absolute atomic E-state index is 12.4. The molecule has 2 bridgehead atoms. The molecule has 1 heteroatoms. The monoisotopic (exact) mass is 457 g/mol. The number of rotatable bonds is 3. The quantitative estimate of drug-likeness (QED) is 0.412. The molecule has 0 saturated heterocycles. The van der Waals surface area contributed by atoms with Gasteiger partial charge < -0.3 is 0 Å². The first-order valence-corrected chi connectivity index (χ1v) is 14.9. The third-order valence-corrected chi connectivity index (χ3v) is 7.27. The Bertz CT molecular complexity index is 375. The van der Waals surface area contributed by atoms with Gasteiger partial charge in [-0.3, -0.25) is 4.79 Å². The number of carbonyl (C=O) groups excluding carboxylic acids is 1. The van der Waals surface area contributed by atoms with Gasteiger partial charge in [-0.25, -0.2) is 0 Å². The van der Waals surface area contributed by atoms with E-state index in [2.05, 4.69) is 34.6 Å². The molecule has 0 amide bonds. The predicted octanol–water partition coefficient (Wildman–Crippen LogP) is 11.4. The summed E-state index contributed by atoms with van der Waals surface area (Å²) < 4.78 is 0. The number of ketones is 1. The Balaban J connectivity index is -0.000000345. The van der Waals surface area contributed by atoms with Crippen LogP contribution in [0.2, 0.25) is 0 Å². The Labute approximate surface area is 207 Å². The lowest BCUT2D eigenvalue weighted by Crippen LogP contribution is -2.28. The molecule has 198 valence electrons. The smallest absolute Gasteiger partial charge is 0.133 e. The van der Waals surface area contributed by atoms with Gasteiger partial charge in [-0.05, 0) is 60.7 Å². The lowest BCUT2D eigenvalue weighted by Gasteiger charge is -2.36. The van der Waals surface area contributed by atoms with Gasteiger partial charge in [0.15, 0.2) is 0 Å². The van der Waals surface area contributed by atoms with Crippen molar-refractivity contribution in [3.05, 3.63) is 0 Å². The zero-order chi connectivity index (χ0) is 26.3. The summed E-state index contributed by atoms with van der Waals surface area (Å²) in [5.41, 5.74) is 0.506. The van der Waals surface area contributed by atoms with Crippen LogP contribution in [0, 0.1) is 35.0 Å². The van der Waals surface area contributed by atoms with Gasteiger partial charge in [-0.1, -0.05) is 123 Å². The average molecular weight is 457 g/mol. The average Bonchev–Trinajstić information content (AvgIpc) is 3.14. The molecule has 0 radical (unpaired) electrons. The highest BCUT2D eigenvalue weighted by atomic mass is 16.1. The molecule has 32 heavy (non-hydrogen) atoms. The van der Waals surface area contributed by atoms with Crippen molar-refractivity contribution in [2.24, 2.45) is 35.0 Å². The van der Waals surface area contributed by atoms with Crippen LogP contribution in [0.25, 0.3) is 0 Å². The maximum Gasteiger partial charge on any atom is 0.133 e. The highest BCUT2D eigenvalue weighted by Crippen LogP contribution is 2.54. The first kappa shape index (κ1) is 38.9. The Morgan fingerprint density at radius 3 is 1.78 bits per heavy atom. The minimum Gasteiger partial charge on any atom is -0.300 e. The molecule has 0 aromatic rings. The highest BCUT2D eigenvalue weighted by Gasteiger charge is 2.45. The second-order valence-electron chi connectivity index (χ2n) is 9.09. The van der Waals surface area contributed by atoms with Crippen molar-refractivity contribution in [2.45, 2.75) is 162 Å². The van der Waals surface area contributed by atoms with Crippen molar-refractivity contribution in [1.29, 1.82) is 0 Å². The fourth-order valence-corrected chi connectivity index (χ4v) is 5.45. The van der Waals surface area contributed by atoms with E-state index in [1.54, 1.807) is 0 Å². The van der Waals surface area contributed by atoms with Crippen LogP contribution < -0.4 is 0 Å². The van der Waals surface area contributed by atoms with Crippen LogP contribution in [0.4, 0.5) is 0 Å².